The number of rotatable bonds is 11. The monoisotopic (exact) mass is 816 g/mol. The fourth-order valence-corrected chi connectivity index (χ4v) is 8.98. The van der Waals surface area contributed by atoms with Crippen LogP contribution in [-0.4, -0.2) is 115 Å². The number of halogens is 1. The standard InChI is InChI=1S/C44H61FN6O6Si/c1-30-23-49(36(26-50(30)42(54)55)25-48-20-12-15-35(24-48)46-41(53)56-28-32-13-10-9-11-14-32)27-38(52)51-29-44(5,6)39-37(51)22-33(21-31-16-18-34(45)19-17-31)40(47-39)57-58(7,8)43(2,3)4/h9-11,13-14,16-19,22,30,35-36H,12,15,20-21,23-29H2,1-8H3,(H,46,53)(H,54,55)/t30-,35?,36+/m1/s1. The number of alkyl carbamates (subject to hydrolysis) is 1. The van der Waals surface area contributed by atoms with Crippen LogP contribution in [0, 0.1) is 5.82 Å². The van der Waals surface area contributed by atoms with Gasteiger partial charge in [-0.25, -0.2) is 19.0 Å². The Kier molecular flexibility index (Phi) is 12.9. The third kappa shape index (κ3) is 10.2. The number of piperidine rings is 1. The lowest BCUT2D eigenvalue weighted by molar-refractivity contribution is -0.121. The number of anilines is 1. The van der Waals surface area contributed by atoms with Gasteiger partial charge in [0.15, 0.2) is 0 Å². The van der Waals surface area contributed by atoms with E-state index in [0.29, 0.717) is 38.5 Å². The van der Waals surface area contributed by atoms with Crippen LogP contribution in [0.2, 0.25) is 18.1 Å². The van der Waals surface area contributed by atoms with E-state index in [1.807, 2.05) is 48.2 Å². The van der Waals surface area contributed by atoms with Crippen molar-refractivity contribution in [1.82, 2.24) is 25.0 Å². The largest absolute Gasteiger partial charge is 0.530 e. The van der Waals surface area contributed by atoms with Crippen LogP contribution in [0.1, 0.15) is 76.8 Å². The number of nitrogens with one attached hydrogen (secondary N) is 1. The number of carbonyl (C=O) groups is 3. The van der Waals surface area contributed by atoms with Gasteiger partial charge in [-0.3, -0.25) is 14.6 Å². The van der Waals surface area contributed by atoms with E-state index in [0.717, 1.165) is 47.5 Å². The normalized spacial score (nSPS) is 21.4. The maximum atomic E-state index is 14.6. The summed E-state index contributed by atoms with van der Waals surface area (Å²) >= 11 is 0. The molecular formula is C44H61FN6O6Si. The predicted octanol–water partition coefficient (Wildman–Crippen LogP) is 7.26. The fraction of sp³-hybridized carbons (Fsp3) is 0.545. The van der Waals surface area contributed by atoms with E-state index in [9.17, 15) is 23.9 Å². The highest BCUT2D eigenvalue weighted by Crippen LogP contribution is 2.44. The van der Waals surface area contributed by atoms with Crippen molar-refractivity contribution in [2.45, 2.75) is 109 Å². The van der Waals surface area contributed by atoms with E-state index in [1.54, 1.807) is 12.1 Å². The van der Waals surface area contributed by atoms with Gasteiger partial charge in [-0.2, -0.15) is 0 Å². The molecule has 0 radical (unpaired) electrons. The number of likely N-dealkylation sites (tertiary alicyclic amines) is 1. The van der Waals surface area contributed by atoms with Gasteiger partial charge in [-0.05, 0) is 73.8 Å². The molecule has 2 aromatic carbocycles. The SMILES string of the molecule is C[C@@H]1CN(CC(=O)N2CC(C)(C)c3nc(O[Si](C)(C)C(C)(C)C)c(Cc4ccc(F)cc4)cc32)[C@@H](CN2CCCC(NC(=O)OCc3ccccc3)C2)CN1C(=O)O. The van der Waals surface area contributed by atoms with Crippen molar-refractivity contribution in [3.05, 3.63) is 88.9 Å². The van der Waals surface area contributed by atoms with Crippen LogP contribution < -0.4 is 14.6 Å². The molecule has 3 atom stereocenters. The highest BCUT2D eigenvalue weighted by atomic mass is 28.4. The average Bonchev–Trinajstić information content (AvgIpc) is 3.41. The van der Waals surface area contributed by atoms with Crippen molar-refractivity contribution in [2.24, 2.45) is 0 Å². The molecule has 3 aliphatic rings. The van der Waals surface area contributed by atoms with Crippen LogP contribution >= 0.6 is 0 Å². The summed E-state index contributed by atoms with van der Waals surface area (Å²) < 4.78 is 26.3. The summed E-state index contributed by atoms with van der Waals surface area (Å²) in [5.74, 6) is 0.175. The van der Waals surface area contributed by atoms with E-state index in [2.05, 4.69) is 62.8 Å². The highest BCUT2D eigenvalue weighted by molar-refractivity contribution is 6.74. The van der Waals surface area contributed by atoms with Crippen molar-refractivity contribution < 1.29 is 33.0 Å². The zero-order valence-electron chi connectivity index (χ0n) is 35.4. The number of carboxylic acid groups (broad SMARTS) is 1. The second kappa shape index (κ2) is 17.4. The van der Waals surface area contributed by atoms with Gasteiger partial charge in [0.05, 0.1) is 17.9 Å². The molecule has 0 spiro atoms. The Bertz CT molecular complexity index is 1940. The second-order valence-corrected chi connectivity index (χ2v) is 23.2. The predicted molar refractivity (Wildman–Crippen MR) is 225 cm³/mol. The van der Waals surface area contributed by atoms with E-state index >= 15 is 0 Å². The van der Waals surface area contributed by atoms with Crippen molar-refractivity contribution in [3.63, 3.8) is 0 Å². The molecule has 0 bridgehead atoms. The Balaban J connectivity index is 1.21. The van der Waals surface area contributed by atoms with Crippen LogP contribution in [0.25, 0.3) is 0 Å². The first kappa shape index (κ1) is 43.1. The van der Waals surface area contributed by atoms with E-state index < -0.39 is 25.9 Å². The third-order valence-corrected chi connectivity index (χ3v) is 16.7. The molecule has 314 valence electrons. The maximum Gasteiger partial charge on any atom is 0.407 e. The quantitative estimate of drug-likeness (QED) is 0.192. The van der Waals surface area contributed by atoms with Crippen LogP contribution in [0.5, 0.6) is 5.88 Å². The van der Waals surface area contributed by atoms with E-state index in [-0.39, 0.29) is 54.6 Å². The lowest BCUT2D eigenvalue weighted by Crippen LogP contribution is -2.63. The molecule has 12 nitrogen and oxygen atoms in total. The number of hydrogen-bond donors (Lipinski definition) is 2. The Morgan fingerprint density at radius 3 is 2.40 bits per heavy atom. The Labute approximate surface area is 343 Å². The number of carbonyl (C=O) groups excluding carboxylic acids is 2. The molecule has 1 aromatic heterocycles. The molecule has 3 aliphatic heterocycles. The molecule has 3 aromatic rings. The van der Waals surface area contributed by atoms with Crippen LogP contribution in [-0.2, 0) is 28.0 Å². The van der Waals surface area contributed by atoms with Gasteiger partial charge in [0.2, 0.25) is 11.8 Å². The first-order valence-electron chi connectivity index (χ1n) is 20.5. The molecule has 0 saturated carbocycles. The van der Waals surface area contributed by atoms with Crippen molar-refractivity contribution >= 4 is 32.1 Å². The number of piperazine rings is 1. The summed E-state index contributed by atoms with van der Waals surface area (Å²) in [7, 11) is -2.31. The van der Waals surface area contributed by atoms with Gasteiger partial charge in [0.1, 0.15) is 12.4 Å². The minimum absolute atomic E-state index is 0.0727. The van der Waals surface area contributed by atoms with Crippen LogP contribution in [0.4, 0.5) is 19.7 Å². The lowest BCUT2D eigenvalue weighted by Gasteiger charge is -2.46. The zero-order valence-corrected chi connectivity index (χ0v) is 36.4. The number of ether oxygens (including phenoxy) is 1. The first-order chi connectivity index (χ1) is 27.3. The fourth-order valence-electron chi connectivity index (χ4n) is 8.01. The number of aromatic nitrogens is 1. The van der Waals surface area contributed by atoms with E-state index in [4.69, 9.17) is 14.1 Å². The minimum atomic E-state index is -2.31. The lowest BCUT2D eigenvalue weighted by atomic mass is 9.91. The molecule has 2 N–H and O–H groups in total. The number of benzene rings is 2. The smallest absolute Gasteiger partial charge is 0.407 e. The maximum absolute atomic E-state index is 14.6. The molecule has 1 unspecified atom stereocenters. The van der Waals surface area contributed by atoms with Crippen molar-refractivity contribution in [2.75, 3.05) is 50.7 Å². The molecule has 2 fully saturated rings. The number of nitrogens with zero attached hydrogens (tertiary/aromatic N) is 5. The first-order valence-corrected chi connectivity index (χ1v) is 23.4. The second-order valence-electron chi connectivity index (χ2n) is 18.5. The third-order valence-electron chi connectivity index (χ3n) is 12.3. The van der Waals surface area contributed by atoms with Gasteiger partial charge in [-0.1, -0.05) is 77.1 Å². The van der Waals surface area contributed by atoms with Gasteiger partial charge in [0, 0.05) is 68.2 Å². The molecule has 2 saturated heterocycles. The summed E-state index contributed by atoms with van der Waals surface area (Å²) in [6.07, 6.45) is 0.692. The van der Waals surface area contributed by atoms with E-state index in [1.165, 1.54) is 17.0 Å². The summed E-state index contributed by atoms with van der Waals surface area (Å²) in [6.45, 7) is 20.3. The molecular weight excluding hydrogens is 756 g/mol. The minimum Gasteiger partial charge on any atom is -0.530 e. The molecule has 4 heterocycles. The van der Waals surface area contributed by atoms with Gasteiger partial charge < -0.3 is 29.4 Å². The Hall–Kier alpha value is -4.53. The number of amides is 3. The molecule has 14 heteroatoms. The number of pyridine rings is 1. The average molecular weight is 817 g/mol. The highest BCUT2D eigenvalue weighted by Gasteiger charge is 2.45. The molecule has 3 amide bonds. The van der Waals surface area contributed by atoms with Crippen molar-refractivity contribution in [3.8, 4) is 5.88 Å². The molecule has 6 rings (SSSR count). The summed E-state index contributed by atoms with van der Waals surface area (Å²) in [5.41, 5.74) is 3.74. The number of fused-ring (bicyclic) bond motifs is 1. The van der Waals surface area contributed by atoms with Crippen molar-refractivity contribution in [1.29, 1.82) is 0 Å². The van der Waals surface area contributed by atoms with Gasteiger partial charge in [0.25, 0.3) is 8.32 Å². The molecule has 58 heavy (non-hydrogen) atoms. The summed E-state index contributed by atoms with van der Waals surface area (Å²) in [4.78, 5) is 52.6. The summed E-state index contributed by atoms with van der Waals surface area (Å²) in [6, 6.07) is 17.3. The van der Waals surface area contributed by atoms with Crippen LogP contribution in [0.3, 0.4) is 0 Å². The number of hydrogen-bond acceptors (Lipinski definition) is 8. The summed E-state index contributed by atoms with van der Waals surface area (Å²) in [5, 5.41) is 13.1. The Morgan fingerprint density at radius 2 is 1.72 bits per heavy atom. The Morgan fingerprint density at radius 1 is 1.02 bits per heavy atom. The van der Waals surface area contributed by atoms with Crippen LogP contribution in [0.15, 0.2) is 60.7 Å². The van der Waals surface area contributed by atoms with Gasteiger partial charge in [-0.15, -0.1) is 0 Å². The topological polar surface area (TPSA) is 128 Å². The zero-order chi connectivity index (χ0) is 42.0. The van der Waals surface area contributed by atoms with Gasteiger partial charge >= 0.3 is 12.2 Å². The molecule has 0 aliphatic carbocycles.